The summed E-state index contributed by atoms with van der Waals surface area (Å²) < 4.78 is 0. The van der Waals surface area contributed by atoms with Crippen LogP contribution in [0.25, 0.3) is 0 Å². The van der Waals surface area contributed by atoms with Gasteiger partial charge in [-0.25, -0.2) is 11.6 Å². The maximum absolute atomic E-state index is 3.30. The van der Waals surface area contributed by atoms with Gasteiger partial charge in [0.25, 0.3) is 0 Å². The first-order valence-corrected chi connectivity index (χ1v) is 3.38. The van der Waals surface area contributed by atoms with Gasteiger partial charge < -0.3 is 0 Å². The van der Waals surface area contributed by atoms with Gasteiger partial charge in [0.15, 0.2) is 0 Å². The van der Waals surface area contributed by atoms with Crippen LogP contribution >= 0.6 is 0 Å². The molecule has 1 aliphatic carbocycles. The maximum atomic E-state index is 3.30. The molecule has 0 aromatic heterocycles. The molecule has 0 spiro atoms. The van der Waals surface area contributed by atoms with Gasteiger partial charge in [-0.1, -0.05) is 20.8 Å². The molecule has 0 fully saturated rings. The average Bonchev–Trinajstić information content (AvgIpc) is 2.08. The standard InChI is InChI=1S/C9H13.Fe/c1-9(2,3)8-6-4-5-7-8;/h4,6H,5H2,1-3H3;/q-1;. The summed E-state index contributed by atoms with van der Waals surface area (Å²) >= 11 is 0. The second-order valence-electron chi connectivity index (χ2n) is 3.45. The van der Waals surface area contributed by atoms with Crippen molar-refractivity contribution >= 4 is 0 Å². The molecule has 0 radical (unpaired) electrons. The maximum Gasteiger partial charge on any atom is 0 e. The smallest absolute Gasteiger partial charge is 0 e. The van der Waals surface area contributed by atoms with Crippen molar-refractivity contribution in [2.45, 2.75) is 27.2 Å². The van der Waals surface area contributed by atoms with Crippen molar-refractivity contribution in [3.63, 3.8) is 0 Å². The third kappa shape index (κ3) is 2.32. The zero-order chi connectivity index (χ0) is 6.91. The van der Waals surface area contributed by atoms with Crippen LogP contribution in [0, 0.1) is 11.5 Å². The normalized spacial score (nSPS) is 16.5. The van der Waals surface area contributed by atoms with Crippen molar-refractivity contribution in [2.75, 3.05) is 0 Å². The van der Waals surface area contributed by atoms with E-state index in [-0.39, 0.29) is 17.1 Å². The number of allylic oxidation sites excluding steroid dienone is 4. The minimum Gasteiger partial charge on any atom is -0.269 e. The van der Waals surface area contributed by atoms with Crippen LogP contribution in [0.2, 0.25) is 0 Å². The van der Waals surface area contributed by atoms with Gasteiger partial charge in [-0.15, -0.1) is 6.42 Å². The Morgan fingerprint density at radius 3 is 2.20 bits per heavy atom. The van der Waals surface area contributed by atoms with Crippen molar-refractivity contribution in [2.24, 2.45) is 5.41 Å². The fourth-order valence-corrected chi connectivity index (χ4v) is 0.920. The summed E-state index contributed by atoms with van der Waals surface area (Å²) in [5.74, 6) is 0. The van der Waals surface area contributed by atoms with Gasteiger partial charge in [-0.3, -0.25) is 6.08 Å². The second kappa shape index (κ2) is 3.41. The molecule has 0 aromatic carbocycles. The van der Waals surface area contributed by atoms with E-state index in [9.17, 15) is 0 Å². The Kier molecular flexibility index (Phi) is 3.41. The third-order valence-electron chi connectivity index (χ3n) is 1.50. The van der Waals surface area contributed by atoms with Crippen LogP contribution < -0.4 is 0 Å². The average molecular weight is 177 g/mol. The Labute approximate surface area is 73.9 Å². The number of rotatable bonds is 0. The molecule has 0 saturated carbocycles. The first-order chi connectivity index (χ1) is 4.11. The van der Waals surface area contributed by atoms with Crippen molar-refractivity contribution in [3.05, 3.63) is 23.8 Å². The summed E-state index contributed by atoms with van der Waals surface area (Å²) in [5, 5.41) is 0. The van der Waals surface area contributed by atoms with Crippen molar-refractivity contribution < 1.29 is 17.1 Å². The van der Waals surface area contributed by atoms with E-state index in [1.807, 2.05) is 0 Å². The van der Waals surface area contributed by atoms with E-state index < -0.39 is 0 Å². The zero-order valence-corrected chi connectivity index (χ0v) is 7.82. The molecule has 0 bridgehead atoms. The van der Waals surface area contributed by atoms with Gasteiger partial charge in [0.2, 0.25) is 0 Å². The molecule has 0 amide bonds. The molecule has 1 aliphatic rings. The summed E-state index contributed by atoms with van der Waals surface area (Å²) in [4.78, 5) is 0. The minimum absolute atomic E-state index is 0. The molecule has 0 N–H and O–H groups in total. The quantitative estimate of drug-likeness (QED) is 0.394. The van der Waals surface area contributed by atoms with E-state index >= 15 is 0 Å². The molecule has 0 atom stereocenters. The largest absolute Gasteiger partial charge is 0.269 e. The van der Waals surface area contributed by atoms with Crippen LogP contribution in [0.15, 0.2) is 17.7 Å². The Bertz CT molecular complexity index is 158. The Morgan fingerprint density at radius 2 is 2.00 bits per heavy atom. The fraction of sp³-hybridized carbons (Fsp3) is 0.556. The Morgan fingerprint density at radius 1 is 1.40 bits per heavy atom. The van der Waals surface area contributed by atoms with Crippen molar-refractivity contribution in [1.82, 2.24) is 0 Å². The molecule has 0 nitrogen and oxygen atoms in total. The van der Waals surface area contributed by atoms with Crippen LogP contribution in [-0.4, -0.2) is 0 Å². The molecule has 0 aromatic rings. The van der Waals surface area contributed by atoms with Crippen molar-refractivity contribution in [1.29, 1.82) is 0 Å². The number of hydrogen-bond acceptors (Lipinski definition) is 0. The van der Waals surface area contributed by atoms with E-state index in [1.54, 1.807) is 0 Å². The van der Waals surface area contributed by atoms with Crippen LogP contribution in [0.3, 0.4) is 0 Å². The molecule has 0 saturated heterocycles. The number of hydrogen-bond donors (Lipinski definition) is 0. The summed E-state index contributed by atoms with van der Waals surface area (Å²) in [6.45, 7) is 6.64. The summed E-state index contributed by atoms with van der Waals surface area (Å²) in [7, 11) is 0. The summed E-state index contributed by atoms with van der Waals surface area (Å²) in [5.41, 5.74) is 1.65. The van der Waals surface area contributed by atoms with Gasteiger partial charge in [-0.05, 0) is 5.41 Å². The molecule has 1 heteroatoms. The molecular formula is C9H13Fe-. The van der Waals surface area contributed by atoms with Gasteiger partial charge in [0.05, 0.1) is 0 Å². The summed E-state index contributed by atoms with van der Waals surface area (Å²) in [6.07, 6.45) is 8.63. The summed E-state index contributed by atoms with van der Waals surface area (Å²) in [6, 6.07) is 0. The van der Waals surface area contributed by atoms with Gasteiger partial charge in [0.1, 0.15) is 0 Å². The van der Waals surface area contributed by atoms with E-state index in [1.165, 1.54) is 5.57 Å². The van der Waals surface area contributed by atoms with Crippen molar-refractivity contribution in [3.8, 4) is 0 Å². The van der Waals surface area contributed by atoms with Gasteiger partial charge in [-0.2, -0.15) is 6.08 Å². The molecular weight excluding hydrogens is 164 g/mol. The molecule has 0 heterocycles. The third-order valence-corrected chi connectivity index (χ3v) is 1.50. The van der Waals surface area contributed by atoms with Crippen LogP contribution in [0.5, 0.6) is 0 Å². The Hall–Kier alpha value is -0.000519. The predicted octanol–water partition coefficient (Wildman–Crippen LogP) is 2.72. The molecule has 0 unspecified atom stereocenters. The second-order valence-corrected chi connectivity index (χ2v) is 3.45. The fourth-order valence-electron chi connectivity index (χ4n) is 0.920. The minimum atomic E-state index is 0. The molecule has 10 heavy (non-hydrogen) atoms. The molecule has 58 valence electrons. The van der Waals surface area contributed by atoms with E-state index in [4.69, 9.17) is 0 Å². The predicted molar refractivity (Wildman–Crippen MR) is 40.0 cm³/mol. The molecule has 0 aliphatic heterocycles. The topological polar surface area (TPSA) is 0 Å². The first kappa shape index (κ1) is 10.00. The monoisotopic (exact) mass is 177 g/mol. The van der Waals surface area contributed by atoms with Crippen LogP contribution in [0.4, 0.5) is 0 Å². The Balaban J connectivity index is 0.000000810. The van der Waals surface area contributed by atoms with E-state index in [0.717, 1.165) is 6.42 Å². The first-order valence-electron chi connectivity index (χ1n) is 3.38. The van der Waals surface area contributed by atoms with Gasteiger partial charge >= 0.3 is 0 Å². The van der Waals surface area contributed by atoms with E-state index in [0.29, 0.717) is 5.41 Å². The van der Waals surface area contributed by atoms with Crippen LogP contribution in [-0.2, 0) is 17.1 Å². The van der Waals surface area contributed by atoms with E-state index in [2.05, 4.69) is 39.0 Å². The zero-order valence-electron chi connectivity index (χ0n) is 6.72. The van der Waals surface area contributed by atoms with Gasteiger partial charge in [0, 0.05) is 17.1 Å². The van der Waals surface area contributed by atoms with Crippen LogP contribution in [0.1, 0.15) is 27.2 Å². The SMILES string of the molecule is CC(C)(C)C1=[C-]CC=C1.[Fe]. The molecule has 1 rings (SSSR count).